The largest absolute Gasteiger partial charge is 0.481 e. The predicted octanol–water partition coefficient (Wildman–Crippen LogP) is 1.63. The van der Waals surface area contributed by atoms with Crippen LogP contribution in [0.15, 0.2) is 12.3 Å². The van der Waals surface area contributed by atoms with Crippen LogP contribution in [0.5, 0.6) is 5.88 Å². The van der Waals surface area contributed by atoms with E-state index in [1.165, 1.54) is 32.5 Å². The molecule has 0 radical (unpaired) electrons. The lowest BCUT2D eigenvalue weighted by molar-refractivity contribution is 0.198. The molecule has 0 aromatic carbocycles. The number of likely N-dealkylation sites (tertiary alicyclic amines) is 1. The molecule has 100 valence electrons. The van der Waals surface area contributed by atoms with Crippen molar-refractivity contribution in [3.8, 4) is 5.88 Å². The summed E-state index contributed by atoms with van der Waals surface area (Å²) in [5.74, 6) is 1.99. The molecule has 2 rings (SSSR count). The minimum Gasteiger partial charge on any atom is -0.481 e. The van der Waals surface area contributed by atoms with Crippen molar-refractivity contribution in [2.45, 2.75) is 19.8 Å². The lowest BCUT2D eigenvalue weighted by Crippen LogP contribution is -2.35. The van der Waals surface area contributed by atoms with Gasteiger partial charge in [0.1, 0.15) is 0 Å². The highest BCUT2D eigenvalue weighted by molar-refractivity contribution is 5.27. The Morgan fingerprint density at radius 3 is 2.89 bits per heavy atom. The Bertz CT molecular complexity index is 364. The fraction of sp³-hybridized carbons (Fsp3) is 0.692. The Balaban J connectivity index is 1.77. The number of aromatic nitrogens is 2. The lowest BCUT2D eigenvalue weighted by Gasteiger charge is -2.31. The van der Waals surface area contributed by atoms with Crippen molar-refractivity contribution >= 4 is 5.95 Å². The molecule has 1 aromatic rings. The Hall–Kier alpha value is -1.36. The van der Waals surface area contributed by atoms with Crippen LogP contribution < -0.4 is 10.1 Å². The van der Waals surface area contributed by atoms with Crippen molar-refractivity contribution in [2.75, 3.05) is 38.6 Å². The number of anilines is 1. The number of nitrogens with one attached hydrogen (secondary N) is 1. The van der Waals surface area contributed by atoms with Crippen LogP contribution in [0.2, 0.25) is 0 Å². The standard InChI is InChI=1S/C13H22N4O/c1-3-17-8-5-11(6-9-17)10-15-13-14-7-4-12(16-13)18-2/h4,7,11H,3,5-6,8-10H2,1-2H3,(H,14,15,16). The number of hydrogen-bond donors (Lipinski definition) is 1. The van der Waals surface area contributed by atoms with Gasteiger partial charge >= 0.3 is 0 Å². The summed E-state index contributed by atoms with van der Waals surface area (Å²) in [6.45, 7) is 6.76. The molecule has 5 nitrogen and oxygen atoms in total. The Morgan fingerprint density at radius 2 is 2.22 bits per heavy atom. The van der Waals surface area contributed by atoms with E-state index < -0.39 is 0 Å². The zero-order valence-corrected chi connectivity index (χ0v) is 11.2. The molecule has 18 heavy (non-hydrogen) atoms. The summed E-state index contributed by atoms with van der Waals surface area (Å²) in [5.41, 5.74) is 0. The molecule has 0 bridgehead atoms. The molecule has 5 heteroatoms. The number of ether oxygens (including phenoxy) is 1. The predicted molar refractivity (Wildman–Crippen MR) is 71.9 cm³/mol. The third-order valence-corrected chi connectivity index (χ3v) is 3.54. The van der Waals surface area contributed by atoms with E-state index >= 15 is 0 Å². The van der Waals surface area contributed by atoms with Crippen LogP contribution in [0.1, 0.15) is 19.8 Å². The first kappa shape index (κ1) is 13.1. The lowest BCUT2D eigenvalue weighted by atomic mass is 9.97. The fourth-order valence-electron chi connectivity index (χ4n) is 2.28. The molecular formula is C13H22N4O. The fourth-order valence-corrected chi connectivity index (χ4v) is 2.28. The molecule has 0 amide bonds. The SMILES string of the molecule is CCN1CCC(CNc2nccc(OC)n2)CC1. The van der Waals surface area contributed by atoms with Gasteiger partial charge in [-0.25, -0.2) is 4.98 Å². The minimum atomic E-state index is 0.605. The smallest absolute Gasteiger partial charge is 0.225 e. The molecule has 1 aliphatic rings. The van der Waals surface area contributed by atoms with Gasteiger partial charge in [0.2, 0.25) is 11.8 Å². The van der Waals surface area contributed by atoms with Gasteiger partial charge < -0.3 is 15.0 Å². The van der Waals surface area contributed by atoms with Crippen LogP contribution in [0.3, 0.4) is 0 Å². The number of piperidine rings is 1. The maximum atomic E-state index is 5.08. The third-order valence-electron chi connectivity index (χ3n) is 3.54. The highest BCUT2D eigenvalue weighted by Crippen LogP contribution is 2.17. The van der Waals surface area contributed by atoms with Gasteiger partial charge in [-0.15, -0.1) is 0 Å². The first-order valence-corrected chi connectivity index (χ1v) is 6.65. The highest BCUT2D eigenvalue weighted by Gasteiger charge is 2.17. The summed E-state index contributed by atoms with van der Waals surface area (Å²) in [4.78, 5) is 10.9. The maximum Gasteiger partial charge on any atom is 0.225 e. The monoisotopic (exact) mass is 250 g/mol. The van der Waals surface area contributed by atoms with E-state index in [4.69, 9.17) is 4.74 Å². The maximum absolute atomic E-state index is 5.08. The number of nitrogens with zero attached hydrogens (tertiary/aromatic N) is 3. The van der Waals surface area contributed by atoms with Crippen molar-refractivity contribution in [3.63, 3.8) is 0 Å². The Kier molecular flexibility index (Phi) is 4.75. The molecule has 1 saturated heterocycles. The Morgan fingerprint density at radius 1 is 1.44 bits per heavy atom. The van der Waals surface area contributed by atoms with Crippen LogP contribution in [0.25, 0.3) is 0 Å². The molecule has 0 unspecified atom stereocenters. The van der Waals surface area contributed by atoms with E-state index in [0.29, 0.717) is 11.8 Å². The zero-order chi connectivity index (χ0) is 12.8. The average Bonchev–Trinajstić information content (AvgIpc) is 2.46. The topological polar surface area (TPSA) is 50.3 Å². The van der Waals surface area contributed by atoms with Crippen LogP contribution in [0.4, 0.5) is 5.95 Å². The van der Waals surface area contributed by atoms with E-state index in [2.05, 4.69) is 27.1 Å². The first-order chi connectivity index (χ1) is 8.81. The molecule has 2 heterocycles. The summed E-state index contributed by atoms with van der Waals surface area (Å²) in [7, 11) is 1.62. The quantitative estimate of drug-likeness (QED) is 0.860. The second-order valence-electron chi connectivity index (χ2n) is 4.68. The molecule has 0 atom stereocenters. The second kappa shape index (κ2) is 6.54. The van der Waals surface area contributed by atoms with Crippen LogP contribution in [-0.2, 0) is 0 Å². The summed E-state index contributed by atoms with van der Waals surface area (Å²) in [6.07, 6.45) is 4.23. The Labute approximate surface area is 109 Å². The van der Waals surface area contributed by atoms with Gasteiger partial charge in [-0.2, -0.15) is 4.98 Å². The zero-order valence-electron chi connectivity index (χ0n) is 11.2. The summed E-state index contributed by atoms with van der Waals surface area (Å²) in [5, 5.41) is 3.30. The number of methoxy groups -OCH3 is 1. The molecule has 1 aromatic heterocycles. The minimum absolute atomic E-state index is 0.605. The molecule has 0 aliphatic carbocycles. The van der Waals surface area contributed by atoms with Gasteiger partial charge in [0, 0.05) is 18.8 Å². The average molecular weight is 250 g/mol. The summed E-state index contributed by atoms with van der Waals surface area (Å²) >= 11 is 0. The highest BCUT2D eigenvalue weighted by atomic mass is 16.5. The van der Waals surface area contributed by atoms with Crippen molar-refractivity contribution in [2.24, 2.45) is 5.92 Å². The molecule has 1 N–H and O–H groups in total. The van der Waals surface area contributed by atoms with Gasteiger partial charge in [0.25, 0.3) is 0 Å². The second-order valence-corrected chi connectivity index (χ2v) is 4.68. The van der Waals surface area contributed by atoms with E-state index in [9.17, 15) is 0 Å². The van der Waals surface area contributed by atoms with Gasteiger partial charge in [0.05, 0.1) is 7.11 Å². The molecule has 1 aliphatic heterocycles. The van der Waals surface area contributed by atoms with E-state index in [1.54, 1.807) is 19.4 Å². The number of rotatable bonds is 5. The van der Waals surface area contributed by atoms with Crippen molar-refractivity contribution in [3.05, 3.63) is 12.3 Å². The van der Waals surface area contributed by atoms with Crippen LogP contribution in [0, 0.1) is 5.92 Å². The van der Waals surface area contributed by atoms with Crippen LogP contribution in [-0.4, -0.2) is 48.2 Å². The van der Waals surface area contributed by atoms with Crippen molar-refractivity contribution in [1.82, 2.24) is 14.9 Å². The van der Waals surface area contributed by atoms with Gasteiger partial charge in [0.15, 0.2) is 0 Å². The number of hydrogen-bond acceptors (Lipinski definition) is 5. The molecular weight excluding hydrogens is 228 g/mol. The molecule has 0 spiro atoms. The first-order valence-electron chi connectivity index (χ1n) is 6.65. The van der Waals surface area contributed by atoms with E-state index in [0.717, 1.165) is 12.5 Å². The normalized spacial score (nSPS) is 17.7. The van der Waals surface area contributed by atoms with Gasteiger partial charge in [-0.05, 0) is 38.4 Å². The molecule has 0 saturated carbocycles. The van der Waals surface area contributed by atoms with Gasteiger partial charge in [-0.3, -0.25) is 0 Å². The molecule has 1 fully saturated rings. The van der Waals surface area contributed by atoms with E-state index in [-0.39, 0.29) is 0 Å². The van der Waals surface area contributed by atoms with Crippen molar-refractivity contribution < 1.29 is 4.74 Å². The van der Waals surface area contributed by atoms with Crippen LogP contribution >= 0.6 is 0 Å². The van der Waals surface area contributed by atoms with Gasteiger partial charge in [-0.1, -0.05) is 6.92 Å². The summed E-state index contributed by atoms with van der Waals surface area (Å²) in [6, 6.07) is 1.75. The van der Waals surface area contributed by atoms with E-state index in [1.807, 2.05) is 0 Å². The summed E-state index contributed by atoms with van der Waals surface area (Å²) < 4.78 is 5.08. The van der Waals surface area contributed by atoms with Crippen molar-refractivity contribution in [1.29, 1.82) is 0 Å². The third kappa shape index (κ3) is 3.57.